The lowest BCUT2D eigenvalue weighted by atomic mass is 10.1. The third kappa shape index (κ3) is 2.64. The molecule has 0 amide bonds. The zero-order chi connectivity index (χ0) is 16.7. The molecule has 2 aromatic heterocycles. The highest BCUT2D eigenvalue weighted by Crippen LogP contribution is 2.26. The summed E-state index contributed by atoms with van der Waals surface area (Å²) in [6.07, 6.45) is 4.05. The Labute approximate surface area is 133 Å². The van der Waals surface area contributed by atoms with E-state index in [0.29, 0.717) is 24.4 Å². The van der Waals surface area contributed by atoms with Crippen LogP contribution in [0.4, 0.5) is 14.6 Å². The predicted octanol–water partition coefficient (Wildman–Crippen LogP) is 1.68. The Balaban J connectivity index is 1.48. The summed E-state index contributed by atoms with van der Waals surface area (Å²) in [5.74, 6) is -1.77. The number of aromatic nitrogens is 4. The Hall–Kier alpha value is -3.10. The Kier molecular flexibility index (Phi) is 3.33. The summed E-state index contributed by atoms with van der Waals surface area (Å²) < 4.78 is 31.3. The van der Waals surface area contributed by atoms with Gasteiger partial charge in [0, 0.05) is 6.04 Å². The van der Waals surface area contributed by atoms with E-state index in [0.717, 1.165) is 11.1 Å². The Morgan fingerprint density at radius 2 is 1.83 bits per heavy atom. The van der Waals surface area contributed by atoms with Crippen LogP contribution in [0.1, 0.15) is 11.1 Å². The molecule has 2 N–H and O–H groups in total. The number of halogens is 2. The van der Waals surface area contributed by atoms with Crippen molar-refractivity contribution in [3.05, 3.63) is 57.8 Å². The summed E-state index contributed by atoms with van der Waals surface area (Å²) >= 11 is 0. The van der Waals surface area contributed by atoms with Crippen molar-refractivity contribution in [2.45, 2.75) is 18.9 Å². The van der Waals surface area contributed by atoms with Crippen LogP contribution in [0.5, 0.6) is 0 Å². The van der Waals surface area contributed by atoms with Gasteiger partial charge in [0.25, 0.3) is 5.89 Å². The molecule has 0 bridgehead atoms. The Morgan fingerprint density at radius 3 is 2.38 bits per heavy atom. The predicted molar refractivity (Wildman–Crippen MR) is 79.3 cm³/mol. The van der Waals surface area contributed by atoms with Crippen molar-refractivity contribution >= 4 is 5.82 Å². The molecule has 1 aliphatic carbocycles. The summed E-state index contributed by atoms with van der Waals surface area (Å²) in [6.45, 7) is 0. The van der Waals surface area contributed by atoms with Crippen LogP contribution in [0.3, 0.4) is 0 Å². The average molecular weight is 331 g/mol. The highest BCUT2D eigenvalue weighted by atomic mass is 19.2. The lowest BCUT2D eigenvalue weighted by Crippen LogP contribution is -2.20. The van der Waals surface area contributed by atoms with Crippen molar-refractivity contribution in [3.8, 4) is 11.6 Å². The van der Waals surface area contributed by atoms with Gasteiger partial charge < -0.3 is 9.73 Å². The van der Waals surface area contributed by atoms with Crippen LogP contribution < -0.4 is 11.1 Å². The van der Waals surface area contributed by atoms with E-state index in [9.17, 15) is 13.6 Å². The molecule has 0 unspecified atom stereocenters. The number of nitrogens with zero attached hydrogens (tertiary/aromatic N) is 3. The monoisotopic (exact) mass is 331 g/mol. The van der Waals surface area contributed by atoms with Crippen molar-refractivity contribution in [1.29, 1.82) is 0 Å². The largest absolute Gasteiger partial charge is 0.434 e. The first-order valence-electron chi connectivity index (χ1n) is 7.20. The van der Waals surface area contributed by atoms with Gasteiger partial charge in [0.05, 0.1) is 12.4 Å². The van der Waals surface area contributed by atoms with Crippen molar-refractivity contribution in [1.82, 2.24) is 20.2 Å². The number of H-pyrrole nitrogens is 1. The van der Waals surface area contributed by atoms with Gasteiger partial charge in [-0.3, -0.25) is 0 Å². The second-order valence-corrected chi connectivity index (χ2v) is 5.49. The molecule has 0 radical (unpaired) electrons. The van der Waals surface area contributed by atoms with Crippen LogP contribution in [0.2, 0.25) is 0 Å². The quantitative estimate of drug-likeness (QED) is 0.758. The normalized spacial score (nSPS) is 13.9. The molecular formula is C15H11F2N5O2. The molecule has 24 heavy (non-hydrogen) atoms. The number of rotatable bonds is 3. The highest BCUT2D eigenvalue weighted by Gasteiger charge is 2.24. The lowest BCUT2D eigenvalue weighted by molar-refractivity contribution is 0.507. The maximum atomic E-state index is 13.3. The zero-order valence-electron chi connectivity index (χ0n) is 12.2. The smallest absolute Gasteiger partial charge is 0.386 e. The third-order valence-corrected chi connectivity index (χ3v) is 3.84. The van der Waals surface area contributed by atoms with Gasteiger partial charge in [-0.25, -0.2) is 28.6 Å². The minimum absolute atomic E-state index is 0.0235. The first-order valence-corrected chi connectivity index (χ1v) is 7.20. The van der Waals surface area contributed by atoms with Gasteiger partial charge in [0.2, 0.25) is 0 Å². The number of hydrogen-bond acceptors (Lipinski definition) is 6. The van der Waals surface area contributed by atoms with Crippen molar-refractivity contribution in [2.24, 2.45) is 0 Å². The Morgan fingerprint density at radius 1 is 1.12 bits per heavy atom. The number of benzene rings is 1. The van der Waals surface area contributed by atoms with Crippen LogP contribution in [0.25, 0.3) is 11.6 Å². The SMILES string of the molecule is O=c1[nH]nc(-c2cnc(NC3Cc4cc(F)c(F)cc4C3)cn2)o1. The van der Waals surface area contributed by atoms with Gasteiger partial charge in [-0.1, -0.05) is 0 Å². The third-order valence-electron chi connectivity index (χ3n) is 3.84. The van der Waals surface area contributed by atoms with E-state index >= 15 is 0 Å². The highest BCUT2D eigenvalue weighted by molar-refractivity contribution is 5.47. The van der Waals surface area contributed by atoms with E-state index in [4.69, 9.17) is 4.42 Å². The van der Waals surface area contributed by atoms with E-state index in [-0.39, 0.29) is 11.9 Å². The van der Waals surface area contributed by atoms with Gasteiger partial charge in [-0.15, -0.1) is 5.10 Å². The summed E-state index contributed by atoms with van der Waals surface area (Å²) in [4.78, 5) is 19.2. The van der Waals surface area contributed by atoms with Crippen LogP contribution in [0, 0.1) is 11.6 Å². The maximum Gasteiger partial charge on any atom is 0.434 e. The zero-order valence-corrected chi connectivity index (χ0v) is 12.2. The fourth-order valence-electron chi connectivity index (χ4n) is 2.78. The molecule has 9 heteroatoms. The number of aromatic amines is 1. The number of fused-ring (bicyclic) bond motifs is 1. The molecular weight excluding hydrogens is 320 g/mol. The molecule has 1 aromatic carbocycles. The number of anilines is 1. The fourth-order valence-corrected chi connectivity index (χ4v) is 2.78. The van der Waals surface area contributed by atoms with Crippen LogP contribution >= 0.6 is 0 Å². The summed E-state index contributed by atoms with van der Waals surface area (Å²) in [7, 11) is 0. The molecule has 4 rings (SSSR count). The summed E-state index contributed by atoms with van der Waals surface area (Å²) in [6, 6.07) is 2.45. The Bertz CT molecular complexity index is 920. The van der Waals surface area contributed by atoms with Crippen molar-refractivity contribution < 1.29 is 13.2 Å². The van der Waals surface area contributed by atoms with Crippen LogP contribution in [-0.2, 0) is 12.8 Å². The summed E-state index contributed by atoms with van der Waals surface area (Å²) in [5, 5.41) is 8.98. The molecule has 7 nitrogen and oxygen atoms in total. The number of nitrogens with one attached hydrogen (secondary N) is 2. The standard InChI is InChI=1S/C15H11F2N5O2/c16-10-3-7-1-9(2-8(7)4-11(10)17)20-13-6-18-12(5-19-13)14-21-22-15(23)24-14/h3-6,9H,1-2H2,(H,19,20)(H,22,23). The molecule has 0 atom stereocenters. The second-order valence-electron chi connectivity index (χ2n) is 5.49. The lowest BCUT2D eigenvalue weighted by Gasteiger charge is -2.12. The van der Waals surface area contributed by atoms with Crippen LogP contribution in [0.15, 0.2) is 33.7 Å². The van der Waals surface area contributed by atoms with Gasteiger partial charge in [-0.05, 0) is 36.1 Å². The minimum atomic E-state index is -0.834. The van der Waals surface area contributed by atoms with E-state index in [1.807, 2.05) is 0 Å². The van der Waals surface area contributed by atoms with E-state index in [1.165, 1.54) is 24.5 Å². The first kappa shape index (κ1) is 14.5. The maximum absolute atomic E-state index is 13.3. The molecule has 0 spiro atoms. The molecule has 122 valence electrons. The molecule has 0 saturated carbocycles. The van der Waals surface area contributed by atoms with Gasteiger partial charge in [-0.2, -0.15) is 0 Å². The minimum Gasteiger partial charge on any atom is -0.386 e. The molecule has 2 heterocycles. The molecule has 0 fully saturated rings. The summed E-state index contributed by atoms with van der Waals surface area (Å²) in [5.41, 5.74) is 1.89. The number of hydrogen-bond donors (Lipinski definition) is 2. The van der Waals surface area contributed by atoms with Crippen molar-refractivity contribution in [3.63, 3.8) is 0 Å². The fraction of sp³-hybridized carbons (Fsp3) is 0.200. The van der Waals surface area contributed by atoms with E-state index in [1.54, 1.807) is 0 Å². The van der Waals surface area contributed by atoms with E-state index in [2.05, 4.69) is 25.5 Å². The van der Waals surface area contributed by atoms with Crippen LogP contribution in [-0.4, -0.2) is 26.2 Å². The van der Waals surface area contributed by atoms with Gasteiger partial charge >= 0.3 is 5.76 Å². The molecule has 0 saturated heterocycles. The average Bonchev–Trinajstić information content (AvgIpc) is 3.14. The van der Waals surface area contributed by atoms with Gasteiger partial charge in [0.15, 0.2) is 11.6 Å². The van der Waals surface area contributed by atoms with Crippen molar-refractivity contribution in [2.75, 3.05) is 5.32 Å². The van der Waals surface area contributed by atoms with E-state index < -0.39 is 17.4 Å². The molecule has 1 aliphatic rings. The second kappa shape index (κ2) is 5.52. The molecule has 0 aliphatic heterocycles. The first-order chi connectivity index (χ1) is 11.6. The van der Waals surface area contributed by atoms with Gasteiger partial charge in [0.1, 0.15) is 11.5 Å². The molecule has 3 aromatic rings. The topological polar surface area (TPSA) is 96.7 Å².